The second-order valence-corrected chi connectivity index (χ2v) is 6.40. The van der Waals surface area contributed by atoms with Gasteiger partial charge in [0.1, 0.15) is 0 Å². The van der Waals surface area contributed by atoms with Crippen LogP contribution in [0.2, 0.25) is 0 Å². The first kappa shape index (κ1) is 19.7. The van der Waals surface area contributed by atoms with E-state index in [-0.39, 0.29) is 29.1 Å². The van der Waals surface area contributed by atoms with Crippen LogP contribution in [0, 0.1) is 10.1 Å². The van der Waals surface area contributed by atoms with Crippen molar-refractivity contribution in [2.45, 2.75) is 13.5 Å². The van der Waals surface area contributed by atoms with Gasteiger partial charge in [0.05, 0.1) is 17.0 Å². The molecule has 29 heavy (non-hydrogen) atoms. The van der Waals surface area contributed by atoms with E-state index in [1.807, 2.05) is 0 Å². The van der Waals surface area contributed by atoms with Crippen LogP contribution in [-0.2, 0) is 6.54 Å². The number of non-ortho nitro benzene ring substituents is 1. The van der Waals surface area contributed by atoms with E-state index in [1.165, 1.54) is 42.0 Å². The summed E-state index contributed by atoms with van der Waals surface area (Å²) in [5.41, 5.74) is 1.55. The maximum absolute atomic E-state index is 12.5. The van der Waals surface area contributed by atoms with Crippen LogP contribution in [0.25, 0.3) is 0 Å². The average Bonchev–Trinajstić information content (AvgIpc) is 2.70. The number of Topliss-reactive ketones (excluding diaryl/α,β-unsaturated/α-hetero) is 1. The molecule has 0 aliphatic carbocycles. The molecule has 0 saturated carbocycles. The number of rotatable bonds is 6. The Morgan fingerprint density at radius 3 is 2.41 bits per heavy atom. The first-order valence-electron chi connectivity index (χ1n) is 8.69. The number of pyridine rings is 1. The predicted octanol–water partition coefficient (Wildman–Crippen LogP) is 3.26. The number of nitro groups is 1. The van der Waals surface area contributed by atoms with Gasteiger partial charge in [-0.05, 0) is 30.7 Å². The Morgan fingerprint density at radius 2 is 1.76 bits per heavy atom. The van der Waals surface area contributed by atoms with Gasteiger partial charge in [-0.3, -0.25) is 24.5 Å². The number of nitrogens with one attached hydrogen (secondary N) is 1. The summed E-state index contributed by atoms with van der Waals surface area (Å²) >= 11 is 0. The highest BCUT2D eigenvalue weighted by Gasteiger charge is 2.10. The molecule has 0 radical (unpaired) electrons. The van der Waals surface area contributed by atoms with Gasteiger partial charge in [-0.2, -0.15) is 0 Å². The molecule has 1 N–H and O–H groups in total. The van der Waals surface area contributed by atoms with Crippen molar-refractivity contribution >= 4 is 23.1 Å². The number of aromatic nitrogens is 1. The van der Waals surface area contributed by atoms with E-state index < -0.39 is 10.8 Å². The van der Waals surface area contributed by atoms with E-state index in [4.69, 9.17) is 0 Å². The van der Waals surface area contributed by atoms with Gasteiger partial charge in [0.25, 0.3) is 17.2 Å². The molecule has 0 unspecified atom stereocenters. The van der Waals surface area contributed by atoms with Crippen LogP contribution in [0.5, 0.6) is 0 Å². The van der Waals surface area contributed by atoms with Crippen LogP contribution in [-0.4, -0.2) is 21.2 Å². The molecule has 0 spiro atoms. The van der Waals surface area contributed by atoms with Crippen molar-refractivity contribution < 1.29 is 14.5 Å². The molecule has 146 valence electrons. The van der Waals surface area contributed by atoms with E-state index >= 15 is 0 Å². The molecule has 0 bridgehead atoms. The highest BCUT2D eigenvalue weighted by molar-refractivity contribution is 6.04. The summed E-state index contributed by atoms with van der Waals surface area (Å²) in [7, 11) is 0. The summed E-state index contributed by atoms with van der Waals surface area (Å²) in [6.07, 6.45) is 1.42. The van der Waals surface area contributed by atoms with Crippen LogP contribution in [0.3, 0.4) is 0 Å². The lowest BCUT2D eigenvalue weighted by atomic mass is 10.1. The predicted molar refractivity (Wildman–Crippen MR) is 107 cm³/mol. The topological polar surface area (TPSA) is 111 Å². The van der Waals surface area contributed by atoms with Crippen LogP contribution in [0.4, 0.5) is 11.4 Å². The average molecular weight is 391 g/mol. The third kappa shape index (κ3) is 4.81. The molecule has 2 aromatic carbocycles. The van der Waals surface area contributed by atoms with Crippen LogP contribution >= 0.6 is 0 Å². The van der Waals surface area contributed by atoms with Crippen molar-refractivity contribution in [3.8, 4) is 0 Å². The third-order valence-corrected chi connectivity index (χ3v) is 4.27. The van der Waals surface area contributed by atoms with E-state index in [2.05, 4.69) is 5.32 Å². The number of anilines is 1. The largest absolute Gasteiger partial charge is 0.322 e. The lowest BCUT2D eigenvalue weighted by molar-refractivity contribution is -0.384. The summed E-state index contributed by atoms with van der Waals surface area (Å²) in [5.74, 6) is -0.541. The number of carbonyl (C=O) groups is 2. The van der Waals surface area contributed by atoms with Gasteiger partial charge in [-0.25, -0.2) is 0 Å². The second kappa shape index (κ2) is 8.30. The van der Waals surface area contributed by atoms with Gasteiger partial charge in [-0.15, -0.1) is 0 Å². The molecule has 0 aliphatic rings. The molecule has 1 heterocycles. The van der Waals surface area contributed by atoms with Crippen molar-refractivity contribution in [2.75, 3.05) is 5.32 Å². The summed E-state index contributed by atoms with van der Waals surface area (Å²) < 4.78 is 1.35. The lowest BCUT2D eigenvalue weighted by Gasteiger charge is -2.10. The fraction of sp³-hybridized carbons (Fsp3) is 0.0952. The minimum atomic E-state index is -0.498. The van der Waals surface area contributed by atoms with Crippen LogP contribution in [0.15, 0.2) is 71.7 Å². The van der Waals surface area contributed by atoms with Gasteiger partial charge in [-0.1, -0.05) is 24.3 Å². The minimum absolute atomic E-state index is 0.0398. The Hall–Kier alpha value is -4.07. The van der Waals surface area contributed by atoms with Gasteiger partial charge in [0.2, 0.25) is 0 Å². The number of amides is 1. The lowest BCUT2D eigenvalue weighted by Crippen LogP contribution is -2.22. The summed E-state index contributed by atoms with van der Waals surface area (Å²) in [6, 6.07) is 15.1. The van der Waals surface area contributed by atoms with Crippen LogP contribution < -0.4 is 10.9 Å². The molecule has 8 heteroatoms. The highest BCUT2D eigenvalue weighted by atomic mass is 16.6. The zero-order valence-electron chi connectivity index (χ0n) is 15.5. The Bertz CT molecular complexity index is 1150. The fourth-order valence-corrected chi connectivity index (χ4v) is 2.73. The Labute approximate surface area is 165 Å². The molecule has 3 rings (SSSR count). The summed E-state index contributed by atoms with van der Waals surface area (Å²) in [6.45, 7) is 1.60. The van der Waals surface area contributed by atoms with E-state index in [0.717, 1.165) is 0 Å². The molecule has 0 aliphatic heterocycles. The Balaban J connectivity index is 1.80. The summed E-state index contributed by atoms with van der Waals surface area (Å²) in [4.78, 5) is 46.4. The number of benzene rings is 2. The van der Waals surface area contributed by atoms with Crippen LogP contribution in [0.1, 0.15) is 33.2 Å². The van der Waals surface area contributed by atoms with Crippen molar-refractivity contribution in [3.05, 3.63) is 104 Å². The molecule has 1 aromatic heterocycles. The highest BCUT2D eigenvalue weighted by Crippen LogP contribution is 2.14. The van der Waals surface area contributed by atoms with Crippen molar-refractivity contribution in [1.29, 1.82) is 0 Å². The van der Waals surface area contributed by atoms with Crippen molar-refractivity contribution in [3.63, 3.8) is 0 Å². The van der Waals surface area contributed by atoms with E-state index in [1.54, 1.807) is 36.4 Å². The number of ketones is 1. The Kier molecular flexibility index (Phi) is 5.64. The van der Waals surface area contributed by atoms with E-state index in [0.29, 0.717) is 16.8 Å². The fourth-order valence-electron chi connectivity index (χ4n) is 2.73. The minimum Gasteiger partial charge on any atom is -0.322 e. The third-order valence-electron chi connectivity index (χ3n) is 4.27. The maximum Gasteiger partial charge on any atom is 0.269 e. The number of nitro benzene ring substituents is 1. The maximum atomic E-state index is 12.5. The number of hydrogen-bond donors (Lipinski definition) is 1. The van der Waals surface area contributed by atoms with Gasteiger partial charge in [0, 0.05) is 35.6 Å². The smallest absolute Gasteiger partial charge is 0.269 e. The molecule has 0 saturated heterocycles. The normalized spacial score (nSPS) is 10.4. The number of nitrogens with zero attached hydrogens (tertiary/aromatic N) is 2. The number of carbonyl (C=O) groups excluding carboxylic acids is 2. The van der Waals surface area contributed by atoms with Crippen molar-refractivity contribution in [2.24, 2.45) is 0 Å². The molecule has 0 fully saturated rings. The monoisotopic (exact) mass is 391 g/mol. The molecule has 8 nitrogen and oxygen atoms in total. The van der Waals surface area contributed by atoms with E-state index in [9.17, 15) is 24.5 Å². The van der Waals surface area contributed by atoms with Gasteiger partial charge < -0.3 is 9.88 Å². The molecular weight excluding hydrogens is 374 g/mol. The van der Waals surface area contributed by atoms with Gasteiger partial charge in [0.15, 0.2) is 5.78 Å². The van der Waals surface area contributed by atoms with Crippen molar-refractivity contribution in [1.82, 2.24) is 4.57 Å². The molecular formula is C21H17N3O5. The summed E-state index contributed by atoms with van der Waals surface area (Å²) in [5, 5.41) is 13.4. The first-order chi connectivity index (χ1) is 13.8. The first-order valence-corrected chi connectivity index (χ1v) is 8.69. The zero-order valence-corrected chi connectivity index (χ0v) is 15.5. The Morgan fingerprint density at radius 1 is 1.03 bits per heavy atom. The SMILES string of the molecule is CC(=O)c1cccc(NC(=O)c2ccc(=O)n(Cc3ccc([N+](=O)[O-])cc3)c2)c1. The standard InChI is InChI=1S/C21H17N3O5/c1-14(25)16-3-2-4-18(11-16)22-21(27)17-7-10-20(26)23(13-17)12-15-5-8-19(9-6-15)24(28)29/h2-11,13H,12H2,1H3,(H,22,27). The number of hydrogen-bond acceptors (Lipinski definition) is 5. The second-order valence-electron chi connectivity index (χ2n) is 6.40. The quantitative estimate of drug-likeness (QED) is 0.394. The molecule has 0 atom stereocenters. The molecule has 3 aromatic rings. The van der Waals surface area contributed by atoms with Gasteiger partial charge >= 0.3 is 0 Å². The molecule has 1 amide bonds. The zero-order chi connectivity index (χ0) is 21.0.